The summed E-state index contributed by atoms with van der Waals surface area (Å²) in [4.78, 5) is 9.04. The van der Waals surface area contributed by atoms with Gasteiger partial charge in [-0.15, -0.1) is 0 Å². The molecule has 1 aliphatic rings. The third-order valence-electron chi connectivity index (χ3n) is 4.61. The maximum Gasteiger partial charge on any atom is 0.0460 e. The Morgan fingerprint density at radius 3 is 2.76 bits per heavy atom. The third-order valence-corrected chi connectivity index (χ3v) is 4.61. The van der Waals surface area contributed by atoms with Crippen molar-refractivity contribution in [3.05, 3.63) is 30.6 Å². The molecule has 112 valence electrons. The highest BCUT2D eigenvalue weighted by Gasteiger charge is 2.19. The van der Waals surface area contributed by atoms with Crippen LogP contribution >= 0.6 is 0 Å². The van der Waals surface area contributed by atoms with Crippen LogP contribution in [0.4, 0.5) is 11.4 Å². The molecule has 4 heteroatoms. The van der Waals surface area contributed by atoms with E-state index in [0.29, 0.717) is 0 Å². The van der Waals surface area contributed by atoms with Gasteiger partial charge in [0.05, 0.1) is 0 Å². The lowest BCUT2D eigenvalue weighted by Gasteiger charge is -2.32. The normalized spacial score (nSPS) is 17.2. The fourth-order valence-corrected chi connectivity index (χ4v) is 3.26. The summed E-state index contributed by atoms with van der Waals surface area (Å²) >= 11 is 0. The molecule has 0 saturated carbocycles. The minimum Gasteiger partial charge on any atom is -0.398 e. The van der Waals surface area contributed by atoms with Crippen molar-refractivity contribution in [3.63, 3.8) is 0 Å². The average molecular weight is 284 g/mol. The number of hydrogen-bond acceptors (Lipinski definition) is 4. The lowest BCUT2D eigenvalue weighted by atomic mass is 9.96. The van der Waals surface area contributed by atoms with Crippen LogP contribution in [0.15, 0.2) is 30.6 Å². The zero-order valence-corrected chi connectivity index (χ0v) is 12.9. The Morgan fingerprint density at radius 2 is 2.00 bits per heavy atom. The van der Waals surface area contributed by atoms with Crippen molar-refractivity contribution in [2.45, 2.75) is 12.8 Å². The zero-order chi connectivity index (χ0) is 14.8. The van der Waals surface area contributed by atoms with Gasteiger partial charge in [0.1, 0.15) is 0 Å². The summed E-state index contributed by atoms with van der Waals surface area (Å²) in [6.45, 7) is 3.52. The minimum atomic E-state index is 0.774. The first-order chi connectivity index (χ1) is 10.1. The van der Waals surface area contributed by atoms with Crippen LogP contribution in [0, 0.1) is 5.92 Å². The second kappa shape index (κ2) is 5.90. The van der Waals surface area contributed by atoms with Gasteiger partial charge < -0.3 is 15.5 Å². The van der Waals surface area contributed by atoms with Gasteiger partial charge in [-0.3, -0.25) is 4.98 Å². The molecule has 1 saturated heterocycles. The Morgan fingerprint density at radius 1 is 1.24 bits per heavy atom. The van der Waals surface area contributed by atoms with Crippen LogP contribution in [0.25, 0.3) is 10.8 Å². The van der Waals surface area contributed by atoms with Gasteiger partial charge in [-0.1, -0.05) is 0 Å². The summed E-state index contributed by atoms with van der Waals surface area (Å²) in [6, 6.07) is 6.12. The topological polar surface area (TPSA) is 45.4 Å². The number of aromatic nitrogens is 1. The first-order valence-corrected chi connectivity index (χ1v) is 7.67. The molecule has 0 aliphatic carbocycles. The Balaban J connectivity index is 1.81. The van der Waals surface area contributed by atoms with Crippen LogP contribution in [0.5, 0.6) is 0 Å². The molecule has 2 N–H and O–H groups in total. The van der Waals surface area contributed by atoms with Gasteiger partial charge in [0.15, 0.2) is 0 Å². The summed E-state index contributed by atoms with van der Waals surface area (Å²) < 4.78 is 0. The maximum absolute atomic E-state index is 6.07. The summed E-state index contributed by atoms with van der Waals surface area (Å²) in [6.07, 6.45) is 6.30. The molecule has 0 bridgehead atoms. The second-order valence-corrected chi connectivity index (χ2v) is 6.22. The van der Waals surface area contributed by atoms with Crippen LogP contribution in [-0.4, -0.2) is 43.6 Å². The fraction of sp³-hybridized carbons (Fsp3) is 0.471. The molecular formula is C17H24N4. The number of likely N-dealkylation sites (tertiary alicyclic amines) is 1. The van der Waals surface area contributed by atoms with E-state index in [1.165, 1.54) is 31.6 Å². The Kier molecular flexibility index (Phi) is 3.97. The van der Waals surface area contributed by atoms with Crippen molar-refractivity contribution >= 4 is 22.1 Å². The number of nitrogens with zero attached hydrogens (tertiary/aromatic N) is 3. The van der Waals surface area contributed by atoms with E-state index in [1.54, 1.807) is 6.20 Å². The summed E-state index contributed by atoms with van der Waals surface area (Å²) in [5, 5.41) is 2.24. The van der Waals surface area contributed by atoms with Gasteiger partial charge in [0.2, 0.25) is 0 Å². The quantitative estimate of drug-likeness (QED) is 0.880. The van der Waals surface area contributed by atoms with E-state index in [2.05, 4.69) is 34.9 Å². The monoisotopic (exact) mass is 284 g/mol. The Bertz CT molecular complexity index is 617. The number of fused-ring (bicyclic) bond motifs is 1. The van der Waals surface area contributed by atoms with Crippen molar-refractivity contribution in [1.82, 2.24) is 9.88 Å². The number of rotatable bonds is 3. The van der Waals surface area contributed by atoms with E-state index in [4.69, 9.17) is 5.73 Å². The SMILES string of the molecule is CN1CCC(CN(C)c2ccc(N)c3ccncc23)CC1. The first-order valence-electron chi connectivity index (χ1n) is 7.67. The summed E-state index contributed by atoms with van der Waals surface area (Å²) in [5.74, 6) is 0.774. The number of pyridine rings is 1. The third kappa shape index (κ3) is 2.95. The van der Waals surface area contributed by atoms with E-state index in [1.807, 2.05) is 18.3 Å². The minimum absolute atomic E-state index is 0.774. The molecule has 1 aromatic carbocycles. The maximum atomic E-state index is 6.07. The van der Waals surface area contributed by atoms with Gasteiger partial charge in [0.25, 0.3) is 0 Å². The predicted octanol–water partition coefficient (Wildman–Crippen LogP) is 2.60. The molecule has 0 atom stereocenters. The molecule has 0 radical (unpaired) electrons. The van der Waals surface area contributed by atoms with Crippen LogP contribution < -0.4 is 10.6 Å². The highest BCUT2D eigenvalue weighted by Crippen LogP contribution is 2.30. The molecular weight excluding hydrogens is 260 g/mol. The van der Waals surface area contributed by atoms with Crippen LogP contribution in [-0.2, 0) is 0 Å². The molecule has 1 aliphatic heterocycles. The van der Waals surface area contributed by atoms with Crippen LogP contribution in [0.2, 0.25) is 0 Å². The Hall–Kier alpha value is -1.81. The van der Waals surface area contributed by atoms with Gasteiger partial charge >= 0.3 is 0 Å². The van der Waals surface area contributed by atoms with E-state index in [-0.39, 0.29) is 0 Å². The predicted molar refractivity (Wildman–Crippen MR) is 89.6 cm³/mol. The number of benzene rings is 1. The molecule has 2 heterocycles. The number of anilines is 2. The number of nitrogens with two attached hydrogens (primary N) is 1. The number of nitrogen functional groups attached to an aromatic ring is 1. The molecule has 0 spiro atoms. The highest BCUT2D eigenvalue weighted by molar-refractivity contribution is 6.00. The van der Waals surface area contributed by atoms with Crippen molar-refractivity contribution in [1.29, 1.82) is 0 Å². The van der Waals surface area contributed by atoms with Gasteiger partial charge in [-0.2, -0.15) is 0 Å². The van der Waals surface area contributed by atoms with Gasteiger partial charge in [-0.25, -0.2) is 0 Å². The lowest BCUT2D eigenvalue weighted by molar-refractivity contribution is 0.222. The highest BCUT2D eigenvalue weighted by atomic mass is 15.1. The fourth-order valence-electron chi connectivity index (χ4n) is 3.26. The molecule has 0 amide bonds. The molecule has 1 aromatic heterocycles. The number of piperidine rings is 1. The standard InChI is InChI=1S/C17H24N4/c1-20-9-6-13(7-10-20)12-21(2)17-4-3-16(18)14-5-8-19-11-15(14)17/h3-5,8,11,13H,6-7,9-10,12,18H2,1-2H3. The van der Waals surface area contributed by atoms with Crippen molar-refractivity contribution < 1.29 is 0 Å². The molecule has 2 aromatic rings. The average Bonchev–Trinajstić information content (AvgIpc) is 2.50. The smallest absolute Gasteiger partial charge is 0.0460 e. The van der Waals surface area contributed by atoms with Crippen LogP contribution in [0.1, 0.15) is 12.8 Å². The van der Waals surface area contributed by atoms with Crippen molar-refractivity contribution in [3.8, 4) is 0 Å². The molecule has 0 unspecified atom stereocenters. The number of hydrogen-bond donors (Lipinski definition) is 1. The van der Waals surface area contributed by atoms with E-state index >= 15 is 0 Å². The van der Waals surface area contributed by atoms with Gasteiger partial charge in [0, 0.05) is 48.1 Å². The molecule has 3 rings (SSSR count). The second-order valence-electron chi connectivity index (χ2n) is 6.22. The van der Waals surface area contributed by atoms with E-state index < -0.39 is 0 Å². The Labute approximate surface area is 126 Å². The van der Waals surface area contributed by atoms with Crippen LogP contribution in [0.3, 0.4) is 0 Å². The van der Waals surface area contributed by atoms with Gasteiger partial charge in [-0.05, 0) is 57.1 Å². The van der Waals surface area contributed by atoms with E-state index in [9.17, 15) is 0 Å². The summed E-state index contributed by atoms with van der Waals surface area (Å²) in [7, 11) is 4.38. The van der Waals surface area contributed by atoms with Crippen molar-refractivity contribution in [2.75, 3.05) is 44.4 Å². The zero-order valence-electron chi connectivity index (χ0n) is 12.9. The summed E-state index contributed by atoms with van der Waals surface area (Å²) in [5.41, 5.74) is 8.12. The lowest BCUT2D eigenvalue weighted by Crippen LogP contribution is -2.35. The molecule has 21 heavy (non-hydrogen) atoms. The first kappa shape index (κ1) is 14.1. The molecule has 1 fully saturated rings. The van der Waals surface area contributed by atoms with E-state index in [0.717, 1.165) is 28.9 Å². The molecule has 4 nitrogen and oxygen atoms in total. The largest absolute Gasteiger partial charge is 0.398 e. The van der Waals surface area contributed by atoms with Crippen molar-refractivity contribution in [2.24, 2.45) is 5.92 Å².